The summed E-state index contributed by atoms with van der Waals surface area (Å²) in [5.41, 5.74) is -0.0753. The van der Waals surface area contributed by atoms with E-state index in [1.54, 1.807) is 37.3 Å². The summed E-state index contributed by atoms with van der Waals surface area (Å²) < 4.78 is 32.4. The van der Waals surface area contributed by atoms with Crippen molar-refractivity contribution < 1.29 is 43.5 Å². The molecule has 1 aromatic heterocycles. The zero-order valence-electron chi connectivity index (χ0n) is 29.5. The number of ether oxygens (including phenoxy) is 5. The highest BCUT2D eigenvalue weighted by Crippen LogP contribution is 2.48. The molecule has 2 bridgehead atoms. The van der Waals surface area contributed by atoms with Gasteiger partial charge in [-0.1, -0.05) is 82.2 Å². The quantitative estimate of drug-likeness (QED) is 0.252. The molecule has 1 aromatic rings. The highest BCUT2D eigenvalue weighted by molar-refractivity contribution is 7.17. The molecule has 0 unspecified atom stereocenters. The van der Waals surface area contributed by atoms with Crippen LogP contribution in [0.3, 0.4) is 0 Å². The number of carbonyl (C=O) groups excluding carboxylic acids is 2. The maximum Gasteiger partial charge on any atom is 0.349 e. The molecule has 2 fully saturated rings. The van der Waals surface area contributed by atoms with E-state index in [1.165, 1.54) is 0 Å². The van der Waals surface area contributed by atoms with Crippen molar-refractivity contribution >= 4 is 34.9 Å². The normalized spacial score (nSPS) is 42.3. The Hall–Kier alpha value is -2.57. The molecule has 0 radical (unpaired) electrons. The van der Waals surface area contributed by atoms with Gasteiger partial charge in [0.1, 0.15) is 28.6 Å². The lowest BCUT2D eigenvalue weighted by Gasteiger charge is -2.48. The van der Waals surface area contributed by atoms with E-state index in [0.717, 1.165) is 23.3 Å². The van der Waals surface area contributed by atoms with Crippen molar-refractivity contribution in [2.75, 3.05) is 6.61 Å². The molecule has 0 aromatic carbocycles. The summed E-state index contributed by atoms with van der Waals surface area (Å²) in [7, 11) is 0. The summed E-state index contributed by atoms with van der Waals surface area (Å²) in [6.45, 7) is 12.0. The number of carbonyl (C=O) groups is 2. The van der Waals surface area contributed by atoms with Crippen LogP contribution < -0.4 is 0 Å². The van der Waals surface area contributed by atoms with Crippen molar-refractivity contribution in [1.82, 2.24) is 0 Å². The van der Waals surface area contributed by atoms with E-state index in [0.29, 0.717) is 33.2 Å². The molecule has 1 aliphatic carbocycles. The van der Waals surface area contributed by atoms with E-state index >= 15 is 0 Å². The van der Waals surface area contributed by atoms with Crippen LogP contribution in [0.1, 0.15) is 76.9 Å². The van der Waals surface area contributed by atoms with E-state index in [2.05, 4.69) is 26.8 Å². The van der Waals surface area contributed by atoms with Crippen LogP contribution in [-0.4, -0.2) is 76.8 Å². The van der Waals surface area contributed by atoms with Crippen molar-refractivity contribution in [2.24, 2.45) is 23.7 Å². The van der Waals surface area contributed by atoms with Gasteiger partial charge in [-0.2, -0.15) is 0 Å². The maximum absolute atomic E-state index is 14.4. The molecule has 6 rings (SSSR count). The first-order valence-corrected chi connectivity index (χ1v) is 18.9. The lowest BCUT2D eigenvalue weighted by Crippen LogP contribution is -2.59. The van der Waals surface area contributed by atoms with Crippen LogP contribution in [0.25, 0.3) is 0 Å². The summed E-state index contributed by atoms with van der Waals surface area (Å²) >= 11 is 7.17. The summed E-state index contributed by atoms with van der Waals surface area (Å²) in [6, 6.07) is 3.20. The van der Waals surface area contributed by atoms with Gasteiger partial charge in [0.05, 0.1) is 29.3 Å². The third kappa shape index (κ3) is 7.22. The van der Waals surface area contributed by atoms with Crippen molar-refractivity contribution in [3.63, 3.8) is 0 Å². The van der Waals surface area contributed by atoms with Crippen LogP contribution in [0.15, 0.2) is 71.4 Å². The fourth-order valence-corrected chi connectivity index (χ4v) is 8.81. The number of rotatable bonds is 4. The molecule has 5 aliphatic rings. The molecule has 11 heteroatoms. The zero-order chi connectivity index (χ0) is 36.0. The fraction of sp³-hybridized carbons (Fsp3) is 0.590. The Kier molecular flexibility index (Phi) is 11.0. The van der Waals surface area contributed by atoms with E-state index in [4.69, 9.17) is 35.3 Å². The molecule has 4 aliphatic heterocycles. The molecule has 2 N–H and O–H groups in total. The lowest BCUT2D eigenvalue weighted by atomic mass is 9.70. The van der Waals surface area contributed by atoms with Gasteiger partial charge in [0, 0.05) is 24.7 Å². The monoisotopic (exact) mass is 728 g/mol. The number of allylic oxidation sites excluding steroid dienone is 2. The molecule has 0 amide bonds. The first kappa shape index (κ1) is 37.2. The minimum absolute atomic E-state index is 0.00142. The van der Waals surface area contributed by atoms with E-state index < -0.39 is 53.7 Å². The van der Waals surface area contributed by atoms with Crippen molar-refractivity contribution in [3.8, 4) is 0 Å². The second kappa shape index (κ2) is 14.8. The average Bonchev–Trinajstić information content (AvgIpc) is 3.67. The minimum atomic E-state index is -1.88. The van der Waals surface area contributed by atoms with E-state index in [9.17, 15) is 19.8 Å². The summed E-state index contributed by atoms with van der Waals surface area (Å²) in [4.78, 5) is 27.8. The van der Waals surface area contributed by atoms with E-state index in [-0.39, 0.29) is 43.0 Å². The smallest absolute Gasteiger partial charge is 0.349 e. The summed E-state index contributed by atoms with van der Waals surface area (Å²) in [5.74, 6) is -3.24. The van der Waals surface area contributed by atoms with Crippen LogP contribution in [-0.2, 0) is 28.5 Å². The Labute approximate surface area is 303 Å². The standard InChI is InChI=1S/C39H49ClO9S/c1-7-21(2)33-24(5)15-16-38(49-33)19-28-18-27(48-38)12-11-23(4)32(41)22(3)9-8-10-26-20-45-35-34(47-37(43)30-13-14-31(40)50-30)25(6)17-29(36(42)46-28)39(26,35)44/h8-11,13-17,21-22,24,27-29,32-35,41,44H,7,12,18-20H2,1-6H3/b9-8+,23-11+,26-10+/t21-,22-,24-,27+,28-,29-,32-,33+,34+,35+,38+,39+/m0/s1. The SMILES string of the molecule is CC[C@H](C)[C@H]1O[C@]2(C=C[C@@H]1C)C[C@@H]1C[C@@H](C/C=C(\C)[C@@H](O)[C@@H](C)/C=C/C=C3\CO[C@@H]4[C@H](OC(=O)c5ccc(Cl)s5)C(C)=C[C@@H](C(=O)O1)[C@]34O)O2. The number of hydrogen-bond acceptors (Lipinski definition) is 10. The van der Waals surface area contributed by atoms with Gasteiger partial charge in [-0.25, -0.2) is 4.79 Å². The first-order chi connectivity index (χ1) is 23.7. The van der Waals surface area contributed by atoms with Gasteiger partial charge in [0.15, 0.2) is 11.9 Å². The van der Waals surface area contributed by atoms with Gasteiger partial charge in [0.2, 0.25) is 0 Å². The molecule has 9 nitrogen and oxygen atoms in total. The number of hydrogen-bond donors (Lipinski definition) is 2. The van der Waals surface area contributed by atoms with Crippen molar-refractivity contribution in [3.05, 3.63) is 80.6 Å². The Morgan fingerprint density at radius 2 is 1.92 bits per heavy atom. The molecule has 5 heterocycles. The highest BCUT2D eigenvalue weighted by Gasteiger charge is 2.61. The average molecular weight is 729 g/mol. The predicted molar refractivity (Wildman–Crippen MR) is 191 cm³/mol. The largest absolute Gasteiger partial charge is 0.462 e. The summed E-state index contributed by atoms with van der Waals surface area (Å²) in [5, 5.41) is 23.8. The zero-order valence-corrected chi connectivity index (χ0v) is 31.1. The number of esters is 2. The van der Waals surface area contributed by atoms with Crippen LogP contribution in [0.2, 0.25) is 4.34 Å². The van der Waals surface area contributed by atoms with Gasteiger partial charge in [-0.3, -0.25) is 4.79 Å². The van der Waals surface area contributed by atoms with Crippen LogP contribution >= 0.6 is 22.9 Å². The number of fused-ring (bicyclic) bond motifs is 2. The molecule has 50 heavy (non-hydrogen) atoms. The fourth-order valence-electron chi connectivity index (χ4n) is 7.89. The highest BCUT2D eigenvalue weighted by atomic mass is 35.5. The Bertz CT molecular complexity index is 1610. The number of aliphatic hydroxyl groups is 2. The molecule has 272 valence electrons. The first-order valence-electron chi connectivity index (χ1n) is 17.7. The van der Waals surface area contributed by atoms with Gasteiger partial charge < -0.3 is 33.9 Å². The second-order valence-electron chi connectivity index (χ2n) is 14.7. The third-order valence-electron chi connectivity index (χ3n) is 11.0. The minimum Gasteiger partial charge on any atom is -0.462 e. The maximum atomic E-state index is 14.4. The topological polar surface area (TPSA) is 121 Å². The Morgan fingerprint density at radius 1 is 1.14 bits per heavy atom. The van der Waals surface area contributed by atoms with Crippen LogP contribution in [0.4, 0.5) is 0 Å². The van der Waals surface area contributed by atoms with Crippen molar-refractivity contribution in [2.45, 2.75) is 115 Å². The molecule has 0 saturated carbocycles. The number of halogens is 1. The molecule has 2 saturated heterocycles. The molecular formula is C39H49ClO9S. The van der Waals surface area contributed by atoms with Gasteiger partial charge >= 0.3 is 11.9 Å². The number of thiophene rings is 1. The predicted octanol–water partition coefficient (Wildman–Crippen LogP) is 6.89. The van der Waals surface area contributed by atoms with Crippen LogP contribution in [0, 0.1) is 23.7 Å². The third-order valence-corrected chi connectivity index (χ3v) is 12.2. The Morgan fingerprint density at radius 3 is 2.64 bits per heavy atom. The number of aliphatic hydroxyl groups excluding tert-OH is 1. The van der Waals surface area contributed by atoms with Crippen LogP contribution in [0.5, 0.6) is 0 Å². The molecule has 1 spiro atoms. The molecular weight excluding hydrogens is 680 g/mol. The molecule has 12 atom stereocenters. The summed E-state index contributed by atoms with van der Waals surface area (Å²) in [6.07, 6.45) is 11.4. The second-order valence-corrected chi connectivity index (χ2v) is 16.4. The van der Waals surface area contributed by atoms with Crippen molar-refractivity contribution in [1.29, 1.82) is 0 Å². The van der Waals surface area contributed by atoms with Gasteiger partial charge in [-0.05, 0) is 61.1 Å². The van der Waals surface area contributed by atoms with Gasteiger partial charge in [-0.15, -0.1) is 11.3 Å². The Balaban J connectivity index is 1.38. The van der Waals surface area contributed by atoms with E-state index in [1.807, 2.05) is 32.1 Å². The van der Waals surface area contributed by atoms with Gasteiger partial charge in [0.25, 0.3) is 0 Å². The lowest BCUT2D eigenvalue weighted by molar-refractivity contribution is -0.300.